The minimum Gasteiger partial charge on any atom is -0.462 e. The summed E-state index contributed by atoms with van der Waals surface area (Å²) in [4.78, 5) is 25.5. The van der Waals surface area contributed by atoms with Gasteiger partial charge in [0.2, 0.25) is 0 Å². The van der Waals surface area contributed by atoms with Gasteiger partial charge in [0.15, 0.2) is 6.10 Å². The van der Waals surface area contributed by atoms with E-state index in [-0.39, 0.29) is 18.5 Å². The summed E-state index contributed by atoms with van der Waals surface area (Å²) in [6, 6.07) is 0. The minimum atomic E-state index is -0.524. The highest BCUT2D eigenvalue weighted by Gasteiger charge is 2.18. The maximum Gasteiger partial charge on any atom is 0.306 e. The molecule has 0 heterocycles. The quantitative estimate of drug-likeness (QED) is 0.0449. The summed E-state index contributed by atoms with van der Waals surface area (Å²) in [5.41, 5.74) is 0. The molecule has 394 valence electrons. The van der Waals surface area contributed by atoms with Gasteiger partial charge in [0.1, 0.15) is 6.61 Å². The summed E-state index contributed by atoms with van der Waals surface area (Å²) in [6.45, 7) is 7.94. The zero-order valence-electron chi connectivity index (χ0n) is 45.5. The number of unbranched alkanes of at least 4 members (excludes halogenated alkanes) is 47. The van der Waals surface area contributed by atoms with Gasteiger partial charge in [-0.1, -0.05) is 323 Å². The Morgan fingerprint density at radius 3 is 0.773 bits per heavy atom. The van der Waals surface area contributed by atoms with E-state index < -0.39 is 6.10 Å². The molecule has 0 aliphatic carbocycles. The minimum absolute atomic E-state index is 0.0987. The second-order valence-corrected chi connectivity index (χ2v) is 21.0. The Hall–Kier alpha value is -1.10. The zero-order chi connectivity index (χ0) is 47.7. The lowest BCUT2D eigenvalue weighted by atomic mass is 10.0. The van der Waals surface area contributed by atoms with Crippen LogP contribution in [0.5, 0.6) is 0 Å². The first-order valence-corrected chi connectivity index (χ1v) is 30.6. The molecule has 0 aromatic rings. The van der Waals surface area contributed by atoms with Crippen LogP contribution in [0.3, 0.4) is 0 Å². The molecule has 0 fully saturated rings. The Morgan fingerprint density at radius 1 is 0.273 bits per heavy atom. The standard InChI is InChI=1S/C61H120O5/c1-4-7-10-13-16-19-22-25-28-30-31-32-34-36-39-42-45-48-51-54-60(62)65-58-59(57-64-56-53-50-47-44-41-38-35-29-26-23-20-17-14-11-8-5-2)66-61(63)55-52-49-46-43-40-37-33-27-24-21-18-15-12-9-6-3/h59H,4-58H2,1-3H3. The van der Waals surface area contributed by atoms with Gasteiger partial charge in [-0.2, -0.15) is 0 Å². The van der Waals surface area contributed by atoms with E-state index in [9.17, 15) is 9.59 Å². The van der Waals surface area contributed by atoms with Crippen molar-refractivity contribution in [2.45, 2.75) is 361 Å². The predicted molar refractivity (Wildman–Crippen MR) is 289 cm³/mol. The summed E-state index contributed by atoms with van der Waals surface area (Å²) in [7, 11) is 0. The summed E-state index contributed by atoms with van der Waals surface area (Å²) in [5.74, 6) is -0.362. The maximum absolute atomic E-state index is 12.9. The van der Waals surface area contributed by atoms with Crippen LogP contribution >= 0.6 is 0 Å². The molecule has 0 saturated heterocycles. The average molecular weight is 934 g/mol. The normalized spacial score (nSPS) is 12.0. The Bertz CT molecular complexity index is 921. The van der Waals surface area contributed by atoms with Gasteiger partial charge in [0, 0.05) is 19.4 Å². The number of ether oxygens (including phenoxy) is 3. The molecule has 0 saturated carbocycles. The van der Waals surface area contributed by atoms with E-state index in [1.807, 2.05) is 0 Å². The van der Waals surface area contributed by atoms with Crippen LogP contribution in [-0.4, -0.2) is 37.9 Å². The van der Waals surface area contributed by atoms with Gasteiger partial charge in [0.25, 0.3) is 0 Å². The van der Waals surface area contributed by atoms with Crippen LogP contribution in [0.4, 0.5) is 0 Å². The Morgan fingerprint density at radius 2 is 0.500 bits per heavy atom. The average Bonchev–Trinajstić information content (AvgIpc) is 3.32. The van der Waals surface area contributed by atoms with Crippen LogP contribution in [0.25, 0.3) is 0 Å². The Kier molecular flexibility index (Phi) is 57.2. The van der Waals surface area contributed by atoms with Crippen LogP contribution < -0.4 is 0 Å². The highest BCUT2D eigenvalue weighted by Crippen LogP contribution is 2.18. The number of carbonyl (C=O) groups excluding carboxylic acids is 2. The number of hydrogen-bond donors (Lipinski definition) is 0. The van der Waals surface area contributed by atoms with Crippen molar-refractivity contribution in [3.8, 4) is 0 Å². The fourth-order valence-corrected chi connectivity index (χ4v) is 9.57. The number of rotatable bonds is 58. The van der Waals surface area contributed by atoms with E-state index in [1.165, 1.54) is 289 Å². The van der Waals surface area contributed by atoms with E-state index in [0.29, 0.717) is 26.1 Å². The van der Waals surface area contributed by atoms with Crippen molar-refractivity contribution in [1.82, 2.24) is 0 Å². The van der Waals surface area contributed by atoms with Crippen molar-refractivity contribution < 1.29 is 23.8 Å². The highest BCUT2D eigenvalue weighted by atomic mass is 16.6. The monoisotopic (exact) mass is 933 g/mol. The topological polar surface area (TPSA) is 61.8 Å². The fourth-order valence-electron chi connectivity index (χ4n) is 9.57. The first kappa shape index (κ1) is 64.9. The van der Waals surface area contributed by atoms with Crippen LogP contribution in [0.15, 0.2) is 0 Å². The van der Waals surface area contributed by atoms with E-state index in [0.717, 1.165) is 32.1 Å². The molecule has 1 atom stereocenters. The summed E-state index contributed by atoms with van der Waals surface area (Å²) >= 11 is 0. The smallest absolute Gasteiger partial charge is 0.306 e. The Labute approximate surface area is 414 Å². The van der Waals surface area contributed by atoms with E-state index in [2.05, 4.69) is 20.8 Å². The predicted octanol–water partition coefficient (Wildman–Crippen LogP) is 20.8. The highest BCUT2D eigenvalue weighted by molar-refractivity contribution is 5.70. The fraction of sp³-hybridized carbons (Fsp3) is 0.967. The van der Waals surface area contributed by atoms with Crippen molar-refractivity contribution in [3.63, 3.8) is 0 Å². The molecule has 0 aliphatic heterocycles. The van der Waals surface area contributed by atoms with Gasteiger partial charge in [-0.05, 0) is 19.3 Å². The third kappa shape index (κ3) is 55.5. The second kappa shape index (κ2) is 58.2. The third-order valence-electron chi connectivity index (χ3n) is 14.1. The van der Waals surface area contributed by atoms with Gasteiger partial charge in [-0.25, -0.2) is 0 Å². The van der Waals surface area contributed by atoms with Crippen molar-refractivity contribution in [2.24, 2.45) is 0 Å². The lowest BCUT2D eigenvalue weighted by molar-refractivity contribution is -0.163. The molecule has 66 heavy (non-hydrogen) atoms. The van der Waals surface area contributed by atoms with Crippen LogP contribution in [0, 0.1) is 0 Å². The molecule has 1 unspecified atom stereocenters. The van der Waals surface area contributed by atoms with Gasteiger partial charge in [0.05, 0.1) is 6.61 Å². The van der Waals surface area contributed by atoms with E-state index in [4.69, 9.17) is 14.2 Å². The van der Waals surface area contributed by atoms with Crippen LogP contribution in [-0.2, 0) is 23.8 Å². The summed E-state index contributed by atoms with van der Waals surface area (Å²) < 4.78 is 17.5. The van der Waals surface area contributed by atoms with Crippen molar-refractivity contribution >= 4 is 11.9 Å². The first-order valence-electron chi connectivity index (χ1n) is 30.6. The lowest BCUT2D eigenvalue weighted by Crippen LogP contribution is -2.30. The molecule has 5 nitrogen and oxygen atoms in total. The van der Waals surface area contributed by atoms with Gasteiger partial charge < -0.3 is 14.2 Å². The number of esters is 2. The van der Waals surface area contributed by atoms with Crippen molar-refractivity contribution in [3.05, 3.63) is 0 Å². The largest absolute Gasteiger partial charge is 0.462 e. The van der Waals surface area contributed by atoms with E-state index in [1.54, 1.807) is 0 Å². The molecule has 0 spiro atoms. The number of carbonyl (C=O) groups is 2. The zero-order valence-corrected chi connectivity index (χ0v) is 45.5. The molecule has 0 N–H and O–H groups in total. The molecule has 5 heteroatoms. The van der Waals surface area contributed by atoms with Crippen molar-refractivity contribution in [2.75, 3.05) is 19.8 Å². The summed E-state index contributed by atoms with van der Waals surface area (Å²) in [5, 5.41) is 0. The van der Waals surface area contributed by atoms with E-state index >= 15 is 0 Å². The molecule has 0 aromatic carbocycles. The third-order valence-corrected chi connectivity index (χ3v) is 14.1. The van der Waals surface area contributed by atoms with Gasteiger partial charge in [-0.3, -0.25) is 9.59 Å². The van der Waals surface area contributed by atoms with Crippen LogP contribution in [0.1, 0.15) is 355 Å². The molecule has 0 aromatic heterocycles. The molecule has 0 rings (SSSR count). The molecule has 0 amide bonds. The van der Waals surface area contributed by atoms with Gasteiger partial charge >= 0.3 is 11.9 Å². The second-order valence-electron chi connectivity index (χ2n) is 21.0. The van der Waals surface area contributed by atoms with Crippen LogP contribution in [0.2, 0.25) is 0 Å². The molecule has 0 aliphatic rings. The lowest BCUT2D eigenvalue weighted by Gasteiger charge is -2.18. The van der Waals surface area contributed by atoms with Gasteiger partial charge in [-0.15, -0.1) is 0 Å². The number of hydrogen-bond acceptors (Lipinski definition) is 5. The Balaban J connectivity index is 4.16. The molecular weight excluding hydrogens is 813 g/mol. The molecular formula is C61H120O5. The first-order chi connectivity index (χ1) is 32.6. The summed E-state index contributed by atoms with van der Waals surface area (Å²) in [6.07, 6.45) is 67.0. The molecule has 0 radical (unpaired) electrons. The van der Waals surface area contributed by atoms with Crippen molar-refractivity contribution in [1.29, 1.82) is 0 Å². The SMILES string of the molecule is CCCCCCCCCCCCCCCCCCCCCC(=O)OCC(COCCCCCCCCCCCCCCCCCC)OC(=O)CCCCCCCCCCCCCCCCC. The molecule has 0 bridgehead atoms. The maximum atomic E-state index is 12.9.